The Balaban J connectivity index is 2.30. The maximum Gasteiger partial charge on any atom is 0.348 e. The molecule has 0 bridgehead atoms. The molecule has 1 N–H and O–H groups in total. The van der Waals surface area contributed by atoms with Gasteiger partial charge in [0.2, 0.25) is 6.10 Å². The first-order valence-electron chi connectivity index (χ1n) is 4.32. The van der Waals surface area contributed by atoms with Gasteiger partial charge in [0.25, 0.3) is 0 Å². The molecule has 0 saturated heterocycles. The van der Waals surface area contributed by atoms with Crippen molar-refractivity contribution in [2.75, 3.05) is 6.61 Å². The summed E-state index contributed by atoms with van der Waals surface area (Å²) in [5, 5.41) is 8.72. The zero-order chi connectivity index (χ0) is 10.8. The number of rotatable bonds is 2. The fraction of sp³-hybridized carbons (Fsp3) is 0.200. The van der Waals surface area contributed by atoms with E-state index in [1.54, 1.807) is 12.1 Å². The summed E-state index contributed by atoms with van der Waals surface area (Å²) < 4.78 is 10.3. The monoisotopic (exact) mass is 208 g/mol. The van der Waals surface area contributed by atoms with Gasteiger partial charge in [-0.1, -0.05) is 0 Å². The molecule has 1 atom stereocenters. The minimum atomic E-state index is -1.09. The molecule has 15 heavy (non-hydrogen) atoms. The highest BCUT2D eigenvalue weighted by Gasteiger charge is 2.26. The van der Waals surface area contributed by atoms with Crippen molar-refractivity contribution in [2.24, 2.45) is 0 Å². The smallest absolute Gasteiger partial charge is 0.348 e. The SMILES string of the molecule is O=Cc1ccc2c(c1)OC(C(=O)O)CO2. The molecule has 1 unspecified atom stereocenters. The Morgan fingerprint density at radius 2 is 2.27 bits per heavy atom. The van der Waals surface area contributed by atoms with E-state index < -0.39 is 12.1 Å². The Morgan fingerprint density at radius 1 is 1.47 bits per heavy atom. The van der Waals surface area contributed by atoms with Crippen LogP contribution in [0.1, 0.15) is 10.4 Å². The van der Waals surface area contributed by atoms with Crippen molar-refractivity contribution in [3.8, 4) is 11.5 Å². The molecule has 0 radical (unpaired) electrons. The van der Waals surface area contributed by atoms with Gasteiger partial charge < -0.3 is 14.6 Å². The topological polar surface area (TPSA) is 72.8 Å². The number of carboxylic acids is 1. The Hall–Kier alpha value is -2.04. The first-order chi connectivity index (χ1) is 7.20. The summed E-state index contributed by atoms with van der Waals surface area (Å²) in [7, 11) is 0. The number of benzene rings is 1. The number of fused-ring (bicyclic) bond motifs is 1. The number of carboxylic acid groups (broad SMARTS) is 1. The van der Waals surface area contributed by atoms with Gasteiger partial charge in [0.05, 0.1) is 0 Å². The fourth-order valence-electron chi connectivity index (χ4n) is 1.28. The van der Waals surface area contributed by atoms with E-state index in [0.717, 1.165) is 0 Å². The molecule has 1 aromatic carbocycles. The quantitative estimate of drug-likeness (QED) is 0.725. The van der Waals surface area contributed by atoms with E-state index in [-0.39, 0.29) is 6.61 Å². The molecule has 5 heteroatoms. The largest absolute Gasteiger partial charge is 0.485 e. The predicted octanol–water partition coefficient (Wildman–Crippen LogP) is 0.724. The van der Waals surface area contributed by atoms with Crippen molar-refractivity contribution in [2.45, 2.75) is 6.10 Å². The molecule has 0 aliphatic carbocycles. The zero-order valence-corrected chi connectivity index (χ0v) is 7.67. The van der Waals surface area contributed by atoms with Crippen LogP contribution in [0.15, 0.2) is 18.2 Å². The molecule has 1 aliphatic rings. The molecule has 5 nitrogen and oxygen atoms in total. The third-order valence-electron chi connectivity index (χ3n) is 2.04. The molecule has 0 saturated carbocycles. The van der Waals surface area contributed by atoms with Crippen LogP contribution in [-0.2, 0) is 4.79 Å². The number of aldehydes is 1. The summed E-state index contributed by atoms with van der Waals surface area (Å²) in [4.78, 5) is 21.1. The van der Waals surface area contributed by atoms with Gasteiger partial charge in [-0.3, -0.25) is 4.79 Å². The van der Waals surface area contributed by atoms with Gasteiger partial charge in [-0.25, -0.2) is 4.79 Å². The van der Waals surface area contributed by atoms with Gasteiger partial charge in [0, 0.05) is 5.56 Å². The lowest BCUT2D eigenvalue weighted by Gasteiger charge is -2.23. The minimum Gasteiger partial charge on any atom is -0.485 e. The molecule has 1 heterocycles. The first kappa shape index (κ1) is 9.51. The summed E-state index contributed by atoms with van der Waals surface area (Å²) in [6, 6.07) is 4.62. The Morgan fingerprint density at radius 3 is 2.93 bits per heavy atom. The summed E-state index contributed by atoms with van der Waals surface area (Å²) in [5.41, 5.74) is 0.420. The molecule has 0 fully saturated rings. The van der Waals surface area contributed by atoms with Crippen LogP contribution < -0.4 is 9.47 Å². The molecule has 0 spiro atoms. The van der Waals surface area contributed by atoms with E-state index in [1.807, 2.05) is 0 Å². The van der Waals surface area contributed by atoms with Crippen molar-refractivity contribution < 1.29 is 24.2 Å². The van der Waals surface area contributed by atoms with Crippen LogP contribution in [0.2, 0.25) is 0 Å². The highest BCUT2D eigenvalue weighted by atomic mass is 16.6. The fourth-order valence-corrected chi connectivity index (χ4v) is 1.28. The van der Waals surface area contributed by atoms with E-state index >= 15 is 0 Å². The van der Waals surface area contributed by atoms with Crippen LogP contribution in [0.3, 0.4) is 0 Å². The van der Waals surface area contributed by atoms with E-state index in [2.05, 4.69) is 0 Å². The van der Waals surface area contributed by atoms with Gasteiger partial charge in [-0.05, 0) is 18.2 Å². The lowest BCUT2D eigenvalue weighted by atomic mass is 10.2. The molecule has 78 valence electrons. The van der Waals surface area contributed by atoms with Gasteiger partial charge >= 0.3 is 5.97 Å². The Labute approximate surface area is 85.2 Å². The Bertz CT molecular complexity index is 412. The van der Waals surface area contributed by atoms with E-state index in [4.69, 9.17) is 14.6 Å². The van der Waals surface area contributed by atoms with Crippen LogP contribution >= 0.6 is 0 Å². The predicted molar refractivity (Wildman–Crippen MR) is 49.4 cm³/mol. The summed E-state index contributed by atoms with van der Waals surface area (Å²) in [5.74, 6) is -0.339. The van der Waals surface area contributed by atoms with Gasteiger partial charge in [-0.2, -0.15) is 0 Å². The van der Waals surface area contributed by atoms with Crippen LogP contribution in [-0.4, -0.2) is 30.1 Å². The Kier molecular flexibility index (Phi) is 2.29. The van der Waals surface area contributed by atoms with Crippen molar-refractivity contribution in [3.05, 3.63) is 23.8 Å². The highest BCUT2D eigenvalue weighted by Crippen LogP contribution is 2.32. The van der Waals surface area contributed by atoms with Crippen LogP contribution in [0, 0.1) is 0 Å². The number of aliphatic carboxylic acids is 1. The van der Waals surface area contributed by atoms with Crippen molar-refractivity contribution >= 4 is 12.3 Å². The van der Waals surface area contributed by atoms with E-state index in [0.29, 0.717) is 23.3 Å². The molecular weight excluding hydrogens is 200 g/mol. The van der Waals surface area contributed by atoms with Gasteiger partial charge in [0.1, 0.15) is 12.9 Å². The van der Waals surface area contributed by atoms with Crippen molar-refractivity contribution in [3.63, 3.8) is 0 Å². The maximum atomic E-state index is 10.6. The van der Waals surface area contributed by atoms with Crippen LogP contribution in [0.25, 0.3) is 0 Å². The average Bonchev–Trinajstić information content (AvgIpc) is 2.27. The number of carbonyl (C=O) groups excluding carboxylic acids is 1. The van der Waals surface area contributed by atoms with Crippen LogP contribution in [0.4, 0.5) is 0 Å². The third-order valence-corrected chi connectivity index (χ3v) is 2.04. The van der Waals surface area contributed by atoms with Crippen molar-refractivity contribution in [1.29, 1.82) is 0 Å². The number of hydrogen-bond donors (Lipinski definition) is 1. The lowest BCUT2D eigenvalue weighted by Crippen LogP contribution is -2.36. The lowest BCUT2D eigenvalue weighted by molar-refractivity contribution is -0.147. The van der Waals surface area contributed by atoms with Crippen LogP contribution in [0.5, 0.6) is 11.5 Å². The van der Waals surface area contributed by atoms with Gasteiger partial charge in [0.15, 0.2) is 11.5 Å². The van der Waals surface area contributed by atoms with Crippen molar-refractivity contribution in [1.82, 2.24) is 0 Å². The summed E-state index contributed by atoms with van der Waals surface area (Å²) >= 11 is 0. The normalized spacial score (nSPS) is 18.3. The first-order valence-corrected chi connectivity index (χ1v) is 4.32. The average molecular weight is 208 g/mol. The molecule has 0 amide bonds. The summed E-state index contributed by atoms with van der Waals surface area (Å²) in [6.07, 6.45) is -0.354. The molecule has 0 aromatic heterocycles. The summed E-state index contributed by atoms with van der Waals surface area (Å²) in [6.45, 7) is -0.0250. The standard InChI is InChI=1S/C10H8O5/c11-4-6-1-2-7-8(3-6)15-9(5-14-7)10(12)13/h1-4,9H,5H2,(H,12,13). The van der Waals surface area contributed by atoms with E-state index in [1.165, 1.54) is 6.07 Å². The second kappa shape index (κ2) is 3.61. The third kappa shape index (κ3) is 1.76. The molecular formula is C10H8O5. The molecule has 1 aliphatic heterocycles. The highest BCUT2D eigenvalue weighted by molar-refractivity contribution is 5.77. The molecule has 1 aromatic rings. The minimum absolute atomic E-state index is 0.0250. The number of hydrogen-bond acceptors (Lipinski definition) is 4. The maximum absolute atomic E-state index is 10.6. The second-order valence-electron chi connectivity index (χ2n) is 3.08. The number of carbonyl (C=O) groups is 2. The van der Waals surface area contributed by atoms with E-state index in [9.17, 15) is 9.59 Å². The number of ether oxygens (including phenoxy) is 2. The molecule has 2 rings (SSSR count). The van der Waals surface area contributed by atoms with Gasteiger partial charge in [-0.15, -0.1) is 0 Å². The zero-order valence-electron chi connectivity index (χ0n) is 7.67. The second-order valence-corrected chi connectivity index (χ2v) is 3.08.